The fourth-order valence-corrected chi connectivity index (χ4v) is 3.09. The highest BCUT2D eigenvalue weighted by molar-refractivity contribution is 9.10. The van der Waals surface area contributed by atoms with Gasteiger partial charge in [0.2, 0.25) is 0 Å². The van der Waals surface area contributed by atoms with Crippen molar-refractivity contribution >= 4 is 33.4 Å². The van der Waals surface area contributed by atoms with E-state index < -0.39 is 11.8 Å². The van der Waals surface area contributed by atoms with Crippen molar-refractivity contribution in [2.45, 2.75) is 13.8 Å². The molecule has 0 radical (unpaired) electrons. The van der Waals surface area contributed by atoms with Crippen LogP contribution in [0.2, 0.25) is 0 Å². The van der Waals surface area contributed by atoms with Crippen molar-refractivity contribution in [2.24, 2.45) is 0 Å². The first kappa shape index (κ1) is 21.4. The van der Waals surface area contributed by atoms with Crippen LogP contribution in [0.5, 0.6) is 5.75 Å². The standard InChI is InChI=1S/C21H22BrN5O3/c1-13-20(22)14(2)27(26-13)16-10-8-15(9-11-16)21(29)25-24-19(28)12-23-17-6-4-5-7-18(17)30-3/h4-11,23H,12H2,1-3H3,(H,24,28)(H,25,29). The molecule has 0 aliphatic rings. The van der Waals surface area contributed by atoms with E-state index in [0.717, 1.165) is 21.5 Å². The maximum atomic E-state index is 12.3. The number of carbonyl (C=O) groups is 2. The van der Waals surface area contributed by atoms with Gasteiger partial charge >= 0.3 is 0 Å². The van der Waals surface area contributed by atoms with Gasteiger partial charge in [-0.05, 0) is 66.2 Å². The number of methoxy groups -OCH3 is 1. The number of nitrogens with zero attached hydrogens (tertiary/aromatic N) is 2. The molecule has 9 heteroatoms. The van der Waals surface area contributed by atoms with Crippen molar-refractivity contribution in [1.82, 2.24) is 20.6 Å². The van der Waals surface area contributed by atoms with E-state index in [9.17, 15) is 9.59 Å². The van der Waals surface area contributed by atoms with Crippen LogP contribution in [0.3, 0.4) is 0 Å². The normalized spacial score (nSPS) is 10.4. The molecule has 156 valence electrons. The smallest absolute Gasteiger partial charge is 0.269 e. The van der Waals surface area contributed by atoms with E-state index in [0.29, 0.717) is 17.0 Å². The first-order valence-electron chi connectivity index (χ1n) is 9.19. The first-order valence-corrected chi connectivity index (χ1v) is 9.98. The Bertz CT molecular complexity index is 1060. The lowest BCUT2D eigenvalue weighted by Crippen LogP contribution is -2.44. The van der Waals surface area contributed by atoms with Crippen LogP contribution in [-0.4, -0.2) is 35.2 Å². The predicted molar refractivity (Wildman–Crippen MR) is 118 cm³/mol. The molecule has 0 aliphatic carbocycles. The van der Waals surface area contributed by atoms with Crippen molar-refractivity contribution in [1.29, 1.82) is 0 Å². The summed E-state index contributed by atoms with van der Waals surface area (Å²) in [6, 6.07) is 14.2. The summed E-state index contributed by atoms with van der Waals surface area (Å²) in [6.45, 7) is 3.85. The summed E-state index contributed by atoms with van der Waals surface area (Å²) in [4.78, 5) is 24.3. The zero-order valence-corrected chi connectivity index (χ0v) is 18.4. The molecular weight excluding hydrogens is 450 g/mol. The fourth-order valence-electron chi connectivity index (χ4n) is 2.84. The van der Waals surface area contributed by atoms with Gasteiger partial charge in [0.25, 0.3) is 11.8 Å². The van der Waals surface area contributed by atoms with Crippen molar-refractivity contribution < 1.29 is 14.3 Å². The monoisotopic (exact) mass is 471 g/mol. The Balaban J connectivity index is 1.54. The lowest BCUT2D eigenvalue weighted by molar-refractivity contribution is -0.120. The van der Waals surface area contributed by atoms with Gasteiger partial charge in [-0.3, -0.25) is 20.4 Å². The maximum Gasteiger partial charge on any atom is 0.269 e. The summed E-state index contributed by atoms with van der Waals surface area (Å²) in [7, 11) is 1.56. The Labute approximate surface area is 182 Å². The second-order valence-electron chi connectivity index (χ2n) is 6.50. The highest BCUT2D eigenvalue weighted by atomic mass is 79.9. The summed E-state index contributed by atoms with van der Waals surface area (Å²) < 4.78 is 7.97. The van der Waals surface area contributed by atoms with Crippen LogP contribution in [0.25, 0.3) is 5.69 Å². The molecule has 0 spiro atoms. The van der Waals surface area contributed by atoms with Crippen molar-refractivity contribution in [3.05, 3.63) is 70.0 Å². The highest BCUT2D eigenvalue weighted by Gasteiger charge is 2.12. The molecule has 3 N–H and O–H groups in total. The van der Waals surface area contributed by atoms with Gasteiger partial charge in [0, 0.05) is 5.56 Å². The van der Waals surface area contributed by atoms with Gasteiger partial charge in [-0.1, -0.05) is 12.1 Å². The Hall–Kier alpha value is -3.33. The molecule has 1 aromatic heterocycles. The molecule has 3 rings (SSSR count). The number of para-hydroxylation sites is 2. The molecule has 0 fully saturated rings. The zero-order chi connectivity index (χ0) is 21.7. The second kappa shape index (κ2) is 9.45. The number of ether oxygens (including phenoxy) is 1. The third-order valence-electron chi connectivity index (χ3n) is 4.44. The van der Waals surface area contributed by atoms with Crippen molar-refractivity contribution in [3.8, 4) is 11.4 Å². The van der Waals surface area contributed by atoms with Gasteiger partial charge in [0.05, 0.1) is 40.9 Å². The highest BCUT2D eigenvalue weighted by Crippen LogP contribution is 2.23. The van der Waals surface area contributed by atoms with Crippen molar-refractivity contribution in [2.75, 3.05) is 19.0 Å². The van der Waals surface area contributed by atoms with Crippen LogP contribution < -0.4 is 20.9 Å². The Morgan fingerprint density at radius 2 is 1.77 bits per heavy atom. The number of rotatable bonds is 6. The van der Waals surface area contributed by atoms with E-state index in [1.807, 2.05) is 26.0 Å². The molecule has 0 atom stereocenters. The van der Waals surface area contributed by atoms with Gasteiger partial charge in [0.15, 0.2) is 0 Å². The molecule has 0 unspecified atom stereocenters. The average molecular weight is 472 g/mol. The van der Waals surface area contributed by atoms with Crippen LogP contribution >= 0.6 is 15.9 Å². The molecule has 30 heavy (non-hydrogen) atoms. The summed E-state index contributed by atoms with van der Waals surface area (Å²) in [5, 5.41) is 7.43. The van der Waals surface area contributed by atoms with Gasteiger partial charge in [0.1, 0.15) is 5.75 Å². The summed E-state index contributed by atoms with van der Waals surface area (Å²) in [5.74, 6) is -0.177. The van der Waals surface area contributed by atoms with Crippen LogP contribution in [0.1, 0.15) is 21.7 Å². The largest absolute Gasteiger partial charge is 0.495 e. The Morgan fingerprint density at radius 1 is 1.07 bits per heavy atom. The van der Waals surface area contributed by atoms with Gasteiger partial charge < -0.3 is 10.1 Å². The van der Waals surface area contributed by atoms with E-state index in [1.165, 1.54) is 0 Å². The number of amides is 2. The quantitative estimate of drug-likeness (QED) is 0.479. The number of hydrogen-bond acceptors (Lipinski definition) is 5. The lowest BCUT2D eigenvalue weighted by Gasteiger charge is -2.12. The molecular formula is C21H22BrN5O3. The fraction of sp³-hybridized carbons (Fsp3) is 0.190. The van der Waals surface area contributed by atoms with E-state index in [4.69, 9.17) is 4.74 Å². The van der Waals surface area contributed by atoms with Crippen LogP contribution in [0, 0.1) is 13.8 Å². The molecule has 0 aliphatic heterocycles. The number of aromatic nitrogens is 2. The van der Waals surface area contributed by atoms with Crippen LogP contribution in [-0.2, 0) is 4.79 Å². The first-order chi connectivity index (χ1) is 14.4. The molecule has 8 nitrogen and oxygen atoms in total. The summed E-state index contributed by atoms with van der Waals surface area (Å²) in [5.41, 5.74) is 8.59. The van der Waals surface area contributed by atoms with E-state index in [-0.39, 0.29) is 6.54 Å². The van der Waals surface area contributed by atoms with Gasteiger partial charge in [-0.25, -0.2) is 4.68 Å². The number of anilines is 1. The third kappa shape index (κ3) is 4.80. The molecule has 2 amide bonds. The minimum Gasteiger partial charge on any atom is -0.495 e. The number of hydrogen-bond donors (Lipinski definition) is 3. The molecule has 0 saturated carbocycles. The van der Waals surface area contributed by atoms with Gasteiger partial charge in [-0.2, -0.15) is 5.10 Å². The summed E-state index contributed by atoms with van der Waals surface area (Å²) >= 11 is 3.50. The summed E-state index contributed by atoms with van der Waals surface area (Å²) in [6.07, 6.45) is 0. The zero-order valence-electron chi connectivity index (χ0n) is 16.8. The predicted octanol–water partition coefficient (Wildman–Crippen LogP) is 3.13. The number of carbonyl (C=O) groups excluding carboxylic acids is 2. The average Bonchev–Trinajstić information content (AvgIpc) is 3.03. The van der Waals surface area contributed by atoms with E-state index in [1.54, 1.807) is 48.2 Å². The van der Waals surface area contributed by atoms with Gasteiger partial charge in [-0.15, -0.1) is 0 Å². The minimum atomic E-state index is -0.415. The SMILES string of the molecule is COc1ccccc1NCC(=O)NNC(=O)c1ccc(-n2nc(C)c(Br)c2C)cc1. The maximum absolute atomic E-state index is 12.3. The molecule has 0 bridgehead atoms. The van der Waals surface area contributed by atoms with Crippen molar-refractivity contribution in [3.63, 3.8) is 0 Å². The number of aryl methyl sites for hydroxylation is 1. The Morgan fingerprint density at radius 3 is 2.40 bits per heavy atom. The third-order valence-corrected chi connectivity index (χ3v) is 5.59. The van der Waals surface area contributed by atoms with Crippen LogP contribution in [0.4, 0.5) is 5.69 Å². The second-order valence-corrected chi connectivity index (χ2v) is 7.29. The Kier molecular flexibility index (Phi) is 6.73. The van der Waals surface area contributed by atoms with Crippen LogP contribution in [0.15, 0.2) is 53.0 Å². The minimum absolute atomic E-state index is 0.0214. The van der Waals surface area contributed by atoms with E-state index in [2.05, 4.69) is 37.2 Å². The number of halogens is 1. The molecule has 1 heterocycles. The molecule has 0 saturated heterocycles. The molecule has 3 aromatic rings. The topological polar surface area (TPSA) is 97.3 Å². The molecule has 2 aromatic carbocycles. The van der Waals surface area contributed by atoms with E-state index >= 15 is 0 Å². The lowest BCUT2D eigenvalue weighted by atomic mass is 10.2. The number of nitrogens with one attached hydrogen (secondary N) is 3. The number of benzene rings is 2. The number of hydrazine groups is 1.